The van der Waals surface area contributed by atoms with Crippen LogP contribution in [0, 0.1) is 6.92 Å². The predicted octanol–water partition coefficient (Wildman–Crippen LogP) is 2.51. The fourth-order valence-corrected chi connectivity index (χ4v) is 2.95. The van der Waals surface area contributed by atoms with Gasteiger partial charge in [-0.2, -0.15) is 5.10 Å². The van der Waals surface area contributed by atoms with Gasteiger partial charge in [-0.1, -0.05) is 60.2 Å². The normalized spacial score (nSPS) is 10.5. The Morgan fingerprint density at radius 2 is 1.74 bits per heavy atom. The fourth-order valence-electron chi connectivity index (χ4n) is 2.95. The lowest BCUT2D eigenvalue weighted by atomic mass is 10.1. The summed E-state index contributed by atoms with van der Waals surface area (Å²) < 4.78 is 6.19. The minimum absolute atomic E-state index is 0.0300. The quantitative estimate of drug-likeness (QED) is 0.425. The van der Waals surface area contributed by atoms with Crippen molar-refractivity contribution in [2.75, 3.05) is 13.2 Å². The van der Waals surface area contributed by atoms with Gasteiger partial charge in [0.15, 0.2) is 0 Å². The number of amides is 1. The lowest BCUT2D eigenvalue weighted by Crippen LogP contribution is -2.30. The number of hydrogen-bond donors (Lipinski definition) is 1. The summed E-state index contributed by atoms with van der Waals surface area (Å²) in [5, 5.41) is 6.96. The number of esters is 1. The number of aromatic nitrogens is 2. The maximum absolute atomic E-state index is 12.1. The smallest absolute Gasteiger partial charge is 0.327 e. The lowest BCUT2D eigenvalue weighted by Gasteiger charge is -2.09. The van der Waals surface area contributed by atoms with Crippen molar-refractivity contribution in [3.8, 4) is 11.3 Å². The summed E-state index contributed by atoms with van der Waals surface area (Å²) in [6.45, 7) is 1.97. The van der Waals surface area contributed by atoms with Gasteiger partial charge in [0.2, 0.25) is 5.91 Å². The first kappa shape index (κ1) is 22.0. The summed E-state index contributed by atoms with van der Waals surface area (Å²) in [5.74, 6) is -0.696. The monoisotopic (exact) mass is 419 g/mol. The van der Waals surface area contributed by atoms with Gasteiger partial charge < -0.3 is 10.1 Å². The van der Waals surface area contributed by atoms with Gasteiger partial charge in [0, 0.05) is 18.1 Å². The van der Waals surface area contributed by atoms with Crippen LogP contribution in [0.5, 0.6) is 0 Å². The second-order valence-corrected chi connectivity index (χ2v) is 7.14. The molecule has 0 spiro atoms. The summed E-state index contributed by atoms with van der Waals surface area (Å²) in [5.41, 5.74) is 3.33. The van der Waals surface area contributed by atoms with Crippen LogP contribution in [0.3, 0.4) is 0 Å². The van der Waals surface area contributed by atoms with E-state index in [9.17, 15) is 14.4 Å². The second-order valence-electron chi connectivity index (χ2n) is 7.14. The average Bonchev–Trinajstić information content (AvgIpc) is 2.78. The number of rotatable bonds is 9. The summed E-state index contributed by atoms with van der Waals surface area (Å²) in [6.07, 6.45) is 1.01. The van der Waals surface area contributed by atoms with Gasteiger partial charge in [-0.3, -0.25) is 14.4 Å². The molecule has 2 aromatic carbocycles. The molecule has 3 aromatic rings. The van der Waals surface area contributed by atoms with Gasteiger partial charge in [-0.05, 0) is 25.0 Å². The van der Waals surface area contributed by atoms with Gasteiger partial charge in [-0.25, -0.2) is 4.68 Å². The third-order valence-electron chi connectivity index (χ3n) is 4.66. The SMILES string of the molecule is Cc1ccc(CCC(=O)NCCOC(=O)Cn2nc(-c3ccccc3)ccc2=O)cc1. The molecule has 0 bridgehead atoms. The minimum atomic E-state index is -0.589. The topological polar surface area (TPSA) is 90.3 Å². The number of aryl methyl sites for hydroxylation is 2. The third kappa shape index (κ3) is 6.92. The van der Waals surface area contributed by atoms with Gasteiger partial charge >= 0.3 is 5.97 Å². The molecular formula is C24H25N3O4. The zero-order valence-electron chi connectivity index (χ0n) is 17.4. The van der Waals surface area contributed by atoms with E-state index in [0.717, 1.165) is 15.8 Å². The van der Waals surface area contributed by atoms with Crippen molar-refractivity contribution < 1.29 is 14.3 Å². The van der Waals surface area contributed by atoms with E-state index in [4.69, 9.17) is 4.74 Å². The first-order valence-corrected chi connectivity index (χ1v) is 10.1. The Kier molecular flexibility index (Phi) is 7.70. The molecule has 3 rings (SSSR count). The van der Waals surface area contributed by atoms with E-state index in [0.29, 0.717) is 18.5 Å². The van der Waals surface area contributed by atoms with Crippen molar-refractivity contribution in [1.82, 2.24) is 15.1 Å². The highest BCUT2D eigenvalue weighted by molar-refractivity contribution is 5.76. The van der Waals surface area contributed by atoms with Crippen LogP contribution in [0.4, 0.5) is 0 Å². The molecule has 0 aliphatic heterocycles. The molecule has 7 heteroatoms. The van der Waals surface area contributed by atoms with Crippen molar-refractivity contribution in [2.45, 2.75) is 26.3 Å². The van der Waals surface area contributed by atoms with Gasteiger partial charge in [-0.15, -0.1) is 0 Å². The molecule has 0 aliphatic rings. The van der Waals surface area contributed by atoms with Crippen LogP contribution in [0.1, 0.15) is 17.5 Å². The van der Waals surface area contributed by atoms with Crippen LogP contribution < -0.4 is 10.9 Å². The van der Waals surface area contributed by atoms with Crippen molar-refractivity contribution in [3.05, 3.63) is 88.2 Å². The van der Waals surface area contributed by atoms with Gasteiger partial charge in [0.05, 0.1) is 12.2 Å². The number of benzene rings is 2. The molecule has 0 aliphatic carbocycles. The van der Waals surface area contributed by atoms with Crippen LogP contribution in [-0.4, -0.2) is 34.8 Å². The van der Waals surface area contributed by atoms with Crippen molar-refractivity contribution in [3.63, 3.8) is 0 Å². The maximum Gasteiger partial charge on any atom is 0.327 e. The average molecular weight is 419 g/mol. The Balaban J connectivity index is 1.40. The Morgan fingerprint density at radius 1 is 1.00 bits per heavy atom. The molecule has 0 fully saturated rings. The molecule has 31 heavy (non-hydrogen) atoms. The van der Waals surface area contributed by atoms with E-state index in [1.165, 1.54) is 11.6 Å². The van der Waals surface area contributed by atoms with E-state index in [1.54, 1.807) is 6.07 Å². The molecular weight excluding hydrogens is 394 g/mol. The molecule has 7 nitrogen and oxygen atoms in total. The second kappa shape index (κ2) is 10.9. The molecule has 1 N–H and O–H groups in total. The standard InChI is InChI=1S/C24H25N3O4/c1-18-7-9-19(10-8-18)11-13-22(28)25-15-16-31-24(30)17-27-23(29)14-12-21(26-27)20-5-3-2-4-6-20/h2-10,12,14H,11,13,15-17H2,1H3,(H,25,28). The minimum Gasteiger partial charge on any atom is -0.462 e. The molecule has 160 valence electrons. The largest absolute Gasteiger partial charge is 0.462 e. The van der Waals surface area contributed by atoms with Crippen LogP contribution >= 0.6 is 0 Å². The van der Waals surface area contributed by atoms with E-state index < -0.39 is 5.97 Å². The van der Waals surface area contributed by atoms with E-state index in [2.05, 4.69) is 10.4 Å². The van der Waals surface area contributed by atoms with Gasteiger partial charge in [0.1, 0.15) is 13.2 Å². The van der Waals surface area contributed by atoms with Crippen LogP contribution in [0.25, 0.3) is 11.3 Å². The number of nitrogens with zero attached hydrogens (tertiary/aromatic N) is 2. The van der Waals surface area contributed by atoms with Crippen molar-refractivity contribution >= 4 is 11.9 Å². The third-order valence-corrected chi connectivity index (χ3v) is 4.66. The predicted molar refractivity (Wildman–Crippen MR) is 117 cm³/mol. The molecule has 1 heterocycles. The molecule has 0 saturated heterocycles. The summed E-state index contributed by atoms with van der Waals surface area (Å²) in [7, 11) is 0. The summed E-state index contributed by atoms with van der Waals surface area (Å²) in [4.78, 5) is 36.0. The number of carbonyl (C=O) groups is 2. The Hall–Kier alpha value is -3.74. The maximum atomic E-state index is 12.1. The Bertz CT molecular complexity index is 1080. The molecule has 0 atom stereocenters. The Labute approximate surface area is 180 Å². The van der Waals surface area contributed by atoms with Crippen molar-refractivity contribution in [2.24, 2.45) is 0 Å². The summed E-state index contributed by atoms with van der Waals surface area (Å²) >= 11 is 0. The van der Waals surface area contributed by atoms with Crippen LogP contribution in [0.2, 0.25) is 0 Å². The lowest BCUT2D eigenvalue weighted by molar-refractivity contribution is -0.144. The molecule has 1 amide bonds. The van der Waals surface area contributed by atoms with Gasteiger partial charge in [0.25, 0.3) is 5.56 Å². The van der Waals surface area contributed by atoms with E-state index >= 15 is 0 Å². The van der Waals surface area contributed by atoms with Crippen LogP contribution in [0.15, 0.2) is 71.5 Å². The first-order valence-electron chi connectivity index (χ1n) is 10.1. The van der Waals surface area contributed by atoms with Crippen LogP contribution in [-0.2, 0) is 27.3 Å². The van der Waals surface area contributed by atoms with Crippen molar-refractivity contribution in [1.29, 1.82) is 0 Å². The molecule has 0 unspecified atom stereocenters. The van der Waals surface area contributed by atoms with E-state index in [1.807, 2.05) is 61.5 Å². The Morgan fingerprint density at radius 3 is 2.48 bits per heavy atom. The highest BCUT2D eigenvalue weighted by Gasteiger charge is 2.09. The highest BCUT2D eigenvalue weighted by atomic mass is 16.5. The molecule has 0 saturated carbocycles. The number of nitrogens with one attached hydrogen (secondary N) is 1. The number of ether oxygens (including phenoxy) is 1. The number of carbonyl (C=O) groups excluding carboxylic acids is 2. The zero-order valence-corrected chi connectivity index (χ0v) is 17.4. The van der Waals surface area contributed by atoms with E-state index in [-0.39, 0.29) is 31.2 Å². The zero-order chi connectivity index (χ0) is 22.1. The highest BCUT2D eigenvalue weighted by Crippen LogP contribution is 2.13. The fraction of sp³-hybridized carbons (Fsp3) is 0.250. The first-order chi connectivity index (χ1) is 15.0. The summed E-state index contributed by atoms with van der Waals surface area (Å²) in [6, 6.07) is 20.4. The molecule has 0 radical (unpaired) electrons. The number of hydrogen-bond acceptors (Lipinski definition) is 5. The molecule has 1 aromatic heterocycles.